The van der Waals surface area contributed by atoms with E-state index in [2.05, 4.69) is 12.2 Å². The summed E-state index contributed by atoms with van der Waals surface area (Å²) in [6, 6.07) is 0. The zero-order valence-corrected chi connectivity index (χ0v) is 14.8. The maximum absolute atomic E-state index is 12.0. The van der Waals surface area contributed by atoms with E-state index in [1.807, 2.05) is 20.8 Å². The van der Waals surface area contributed by atoms with Crippen LogP contribution < -0.4 is 5.32 Å². The van der Waals surface area contributed by atoms with Crippen LogP contribution in [-0.4, -0.2) is 55.5 Å². The second-order valence-corrected chi connectivity index (χ2v) is 6.99. The molecule has 0 atom stereocenters. The Morgan fingerprint density at radius 2 is 1.82 bits per heavy atom. The highest BCUT2D eigenvalue weighted by Gasteiger charge is 2.26. The van der Waals surface area contributed by atoms with Crippen molar-refractivity contribution in [2.75, 3.05) is 32.8 Å². The number of ether oxygens (including phenoxy) is 2. The molecule has 0 unspecified atom stereocenters. The van der Waals surface area contributed by atoms with Crippen LogP contribution in [0.15, 0.2) is 0 Å². The van der Waals surface area contributed by atoms with E-state index in [9.17, 15) is 4.79 Å². The highest BCUT2D eigenvalue weighted by atomic mass is 16.6. The molecule has 0 spiro atoms. The monoisotopic (exact) mass is 314 g/mol. The lowest BCUT2D eigenvalue weighted by molar-refractivity contribution is -0.0117. The van der Waals surface area contributed by atoms with Crippen LogP contribution in [0.25, 0.3) is 0 Å². The molecule has 0 bridgehead atoms. The first-order valence-corrected chi connectivity index (χ1v) is 8.72. The topological polar surface area (TPSA) is 50.8 Å². The van der Waals surface area contributed by atoms with Crippen molar-refractivity contribution >= 4 is 6.09 Å². The molecule has 1 fully saturated rings. The van der Waals surface area contributed by atoms with E-state index in [1.54, 1.807) is 4.90 Å². The standard InChI is InChI=1S/C17H34N2O3/c1-5-6-10-18-11-7-14-21-15-8-12-19(13-9-15)16(20)22-17(2,3)4/h15,18H,5-14H2,1-4H3. The lowest BCUT2D eigenvalue weighted by atomic mass is 10.1. The van der Waals surface area contributed by atoms with E-state index in [4.69, 9.17) is 9.47 Å². The van der Waals surface area contributed by atoms with Crippen molar-refractivity contribution in [3.05, 3.63) is 0 Å². The summed E-state index contributed by atoms with van der Waals surface area (Å²) in [7, 11) is 0. The molecule has 0 aromatic heterocycles. The quantitative estimate of drug-likeness (QED) is 0.699. The highest BCUT2D eigenvalue weighted by molar-refractivity contribution is 5.68. The first kappa shape index (κ1) is 19.2. The fourth-order valence-corrected chi connectivity index (χ4v) is 2.41. The number of nitrogens with one attached hydrogen (secondary N) is 1. The van der Waals surface area contributed by atoms with Crippen LogP contribution in [0.1, 0.15) is 59.8 Å². The smallest absolute Gasteiger partial charge is 0.410 e. The predicted octanol–water partition coefficient (Wildman–Crippen LogP) is 3.18. The van der Waals surface area contributed by atoms with Crippen LogP contribution >= 0.6 is 0 Å². The van der Waals surface area contributed by atoms with Gasteiger partial charge in [0.25, 0.3) is 0 Å². The number of amides is 1. The van der Waals surface area contributed by atoms with E-state index in [1.165, 1.54) is 12.8 Å². The number of unbranched alkanes of at least 4 members (excludes halogenated alkanes) is 1. The van der Waals surface area contributed by atoms with Crippen LogP contribution in [0.2, 0.25) is 0 Å². The Balaban J connectivity index is 2.06. The molecule has 5 nitrogen and oxygen atoms in total. The summed E-state index contributed by atoms with van der Waals surface area (Å²) in [6.45, 7) is 12.3. The summed E-state index contributed by atoms with van der Waals surface area (Å²) >= 11 is 0. The SMILES string of the molecule is CCCCNCCCOC1CCN(C(=O)OC(C)(C)C)CC1. The molecule has 0 saturated carbocycles. The van der Waals surface area contributed by atoms with Crippen LogP contribution in [0, 0.1) is 0 Å². The number of likely N-dealkylation sites (tertiary alicyclic amines) is 1. The van der Waals surface area contributed by atoms with Crippen LogP contribution in [0.3, 0.4) is 0 Å². The van der Waals surface area contributed by atoms with Gasteiger partial charge in [-0.3, -0.25) is 0 Å². The second-order valence-electron chi connectivity index (χ2n) is 6.99. The largest absolute Gasteiger partial charge is 0.444 e. The summed E-state index contributed by atoms with van der Waals surface area (Å²) in [4.78, 5) is 13.7. The Kier molecular flexibility index (Phi) is 8.79. The van der Waals surface area contributed by atoms with Gasteiger partial charge in [-0.05, 0) is 59.5 Å². The third-order valence-electron chi connectivity index (χ3n) is 3.65. The number of rotatable bonds is 8. The molecule has 5 heteroatoms. The number of hydrogen-bond acceptors (Lipinski definition) is 4. The molecule has 0 aromatic carbocycles. The van der Waals surface area contributed by atoms with E-state index < -0.39 is 5.60 Å². The Hall–Kier alpha value is -0.810. The van der Waals surface area contributed by atoms with Gasteiger partial charge in [0.1, 0.15) is 5.60 Å². The van der Waals surface area contributed by atoms with Crippen LogP contribution in [0.4, 0.5) is 4.79 Å². The third kappa shape index (κ3) is 8.59. The van der Waals surface area contributed by atoms with Crippen molar-refractivity contribution in [2.24, 2.45) is 0 Å². The van der Waals surface area contributed by atoms with Crippen LogP contribution in [0.5, 0.6) is 0 Å². The van der Waals surface area contributed by atoms with Gasteiger partial charge in [0.2, 0.25) is 0 Å². The lowest BCUT2D eigenvalue weighted by Gasteiger charge is -2.33. The zero-order valence-electron chi connectivity index (χ0n) is 14.8. The molecule has 0 aromatic rings. The van der Waals surface area contributed by atoms with Gasteiger partial charge in [0, 0.05) is 19.7 Å². The van der Waals surface area contributed by atoms with Gasteiger partial charge in [0.05, 0.1) is 6.10 Å². The highest BCUT2D eigenvalue weighted by Crippen LogP contribution is 2.17. The van der Waals surface area contributed by atoms with Gasteiger partial charge in [-0.2, -0.15) is 0 Å². The molecule has 1 amide bonds. The normalized spacial score (nSPS) is 16.8. The number of carbonyl (C=O) groups excluding carboxylic acids is 1. The molecule has 1 rings (SSSR count). The van der Waals surface area contributed by atoms with E-state index in [0.29, 0.717) is 0 Å². The first-order chi connectivity index (χ1) is 10.4. The van der Waals surface area contributed by atoms with Crippen LogP contribution in [-0.2, 0) is 9.47 Å². The molecular weight excluding hydrogens is 280 g/mol. The van der Waals surface area contributed by atoms with E-state index in [0.717, 1.165) is 52.0 Å². The van der Waals surface area contributed by atoms with Gasteiger partial charge >= 0.3 is 6.09 Å². The molecule has 1 aliphatic heterocycles. The summed E-state index contributed by atoms with van der Waals surface area (Å²) in [6.07, 6.45) is 5.42. The summed E-state index contributed by atoms with van der Waals surface area (Å²) in [5.41, 5.74) is -0.421. The minimum absolute atomic E-state index is 0.203. The molecule has 130 valence electrons. The maximum Gasteiger partial charge on any atom is 0.410 e. The Morgan fingerprint density at radius 3 is 2.41 bits per heavy atom. The molecule has 1 saturated heterocycles. The summed E-state index contributed by atoms with van der Waals surface area (Å²) in [5.74, 6) is 0. The van der Waals surface area contributed by atoms with Gasteiger partial charge in [-0.25, -0.2) is 4.79 Å². The minimum Gasteiger partial charge on any atom is -0.444 e. The lowest BCUT2D eigenvalue weighted by Crippen LogP contribution is -2.43. The number of piperidine rings is 1. The van der Waals surface area contributed by atoms with Crippen molar-refractivity contribution in [1.82, 2.24) is 10.2 Å². The van der Waals surface area contributed by atoms with Gasteiger partial charge in [0.15, 0.2) is 0 Å². The summed E-state index contributed by atoms with van der Waals surface area (Å²) in [5, 5.41) is 3.42. The fourth-order valence-electron chi connectivity index (χ4n) is 2.41. The third-order valence-corrected chi connectivity index (χ3v) is 3.65. The van der Waals surface area contributed by atoms with Gasteiger partial charge < -0.3 is 19.7 Å². The zero-order chi connectivity index (χ0) is 16.4. The Morgan fingerprint density at radius 1 is 1.18 bits per heavy atom. The Bertz CT molecular complexity index is 308. The van der Waals surface area contributed by atoms with Crippen molar-refractivity contribution in [2.45, 2.75) is 71.5 Å². The van der Waals surface area contributed by atoms with Gasteiger partial charge in [-0.1, -0.05) is 13.3 Å². The van der Waals surface area contributed by atoms with Crippen molar-refractivity contribution < 1.29 is 14.3 Å². The number of hydrogen-bond donors (Lipinski definition) is 1. The molecule has 0 radical (unpaired) electrons. The fraction of sp³-hybridized carbons (Fsp3) is 0.941. The average molecular weight is 314 g/mol. The second kappa shape index (κ2) is 10.1. The molecular formula is C17H34N2O3. The first-order valence-electron chi connectivity index (χ1n) is 8.72. The van der Waals surface area contributed by atoms with Crippen molar-refractivity contribution in [3.8, 4) is 0 Å². The van der Waals surface area contributed by atoms with E-state index in [-0.39, 0.29) is 12.2 Å². The van der Waals surface area contributed by atoms with Crippen molar-refractivity contribution in [3.63, 3.8) is 0 Å². The van der Waals surface area contributed by atoms with E-state index >= 15 is 0 Å². The maximum atomic E-state index is 12.0. The minimum atomic E-state index is -0.421. The Labute approximate surface area is 135 Å². The molecule has 1 heterocycles. The molecule has 0 aliphatic carbocycles. The number of carbonyl (C=O) groups is 1. The summed E-state index contributed by atoms with van der Waals surface area (Å²) < 4.78 is 11.3. The average Bonchev–Trinajstić information content (AvgIpc) is 2.45. The van der Waals surface area contributed by atoms with Gasteiger partial charge in [-0.15, -0.1) is 0 Å². The number of nitrogens with zero attached hydrogens (tertiary/aromatic N) is 1. The molecule has 1 N–H and O–H groups in total. The van der Waals surface area contributed by atoms with Crippen molar-refractivity contribution in [1.29, 1.82) is 0 Å². The molecule has 1 aliphatic rings. The predicted molar refractivity (Wildman–Crippen MR) is 89.2 cm³/mol. The molecule has 22 heavy (non-hydrogen) atoms.